The first-order chi connectivity index (χ1) is 16.3. The average molecular weight is 468 g/mol. The van der Waals surface area contributed by atoms with Crippen LogP contribution in [-0.4, -0.2) is 41.2 Å². The Bertz CT molecular complexity index is 1120. The van der Waals surface area contributed by atoms with Crippen molar-refractivity contribution < 1.29 is 33.3 Å². The molecule has 0 aliphatic carbocycles. The molecular formula is C25H25FN2O6. The van der Waals surface area contributed by atoms with Gasteiger partial charge in [-0.15, -0.1) is 0 Å². The molecule has 8 nitrogen and oxygen atoms in total. The molecule has 9 heteroatoms. The molecule has 3 aromatic rings. The summed E-state index contributed by atoms with van der Waals surface area (Å²) in [5.74, 6) is -1.73. The summed E-state index contributed by atoms with van der Waals surface area (Å²) in [6.07, 6.45) is -0.230. The van der Waals surface area contributed by atoms with Crippen molar-refractivity contribution >= 4 is 11.9 Å². The van der Waals surface area contributed by atoms with E-state index < -0.39 is 41.7 Å². The number of ether oxygens (including phenoxy) is 3. The minimum atomic E-state index is -1.06. The number of carbonyl (C=O) groups excluding carboxylic acids is 2. The van der Waals surface area contributed by atoms with Gasteiger partial charge in [0, 0.05) is 12.3 Å². The summed E-state index contributed by atoms with van der Waals surface area (Å²) in [5.41, 5.74) is 0.316. The largest absolute Gasteiger partial charge is 0.503 e. The Kier molecular flexibility index (Phi) is 8.02. The number of nitrogens with one attached hydrogen (secondary N) is 1. The molecule has 1 amide bonds. The van der Waals surface area contributed by atoms with Crippen LogP contribution in [0.2, 0.25) is 0 Å². The van der Waals surface area contributed by atoms with Gasteiger partial charge in [-0.1, -0.05) is 30.3 Å². The number of aromatic nitrogens is 1. The molecule has 34 heavy (non-hydrogen) atoms. The Morgan fingerprint density at radius 2 is 1.71 bits per heavy atom. The highest BCUT2D eigenvalue weighted by Crippen LogP contribution is 2.28. The second-order valence-corrected chi connectivity index (χ2v) is 7.45. The molecule has 0 aliphatic rings. The lowest BCUT2D eigenvalue weighted by atomic mass is 10.0. The molecule has 1 heterocycles. The summed E-state index contributed by atoms with van der Waals surface area (Å²) in [6, 6.07) is 15.0. The molecule has 0 aliphatic heterocycles. The summed E-state index contributed by atoms with van der Waals surface area (Å²) < 4.78 is 30.0. The maximum atomic E-state index is 13.4. The van der Waals surface area contributed by atoms with E-state index in [0.717, 1.165) is 0 Å². The van der Waals surface area contributed by atoms with Crippen LogP contribution in [0.3, 0.4) is 0 Å². The number of para-hydroxylation sites is 1. The molecule has 0 fully saturated rings. The molecule has 0 spiro atoms. The number of methoxy groups -OCH3 is 1. The number of amides is 1. The number of halogens is 1. The molecule has 2 aromatic carbocycles. The normalized spacial score (nSPS) is 13.3. The number of hydrogen-bond acceptors (Lipinski definition) is 7. The number of rotatable bonds is 9. The standard InChI is InChI=1S/C25H25FN2O6/c1-15(28-24(30)21-22(29)20(32-3)13-14-27-21)25(31)33-16(2)23(17-9-11-18(26)12-10-17)34-19-7-5-4-6-8-19/h4-16,23,29H,1-3H3,(H,28,30)/t15-,16?,23?/m0/s1. The first-order valence-corrected chi connectivity index (χ1v) is 10.5. The second-order valence-electron chi connectivity index (χ2n) is 7.45. The van der Waals surface area contributed by atoms with Gasteiger partial charge >= 0.3 is 5.97 Å². The van der Waals surface area contributed by atoms with Crippen LogP contribution in [0.4, 0.5) is 4.39 Å². The fourth-order valence-corrected chi connectivity index (χ4v) is 3.17. The van der Waals surface area contributed by atoms with Gasteiger partial charge < -0.3 is 24.6 Å². The monoisotopic (exact) mass is 468 g/mol. The average Bonchev–Trinajstić information content (AvgIpc) is 2.83. The zero-order valence-corrected chi connectivity index (χ0v) is 18.9. The van der Waals surface area contributed by atoms with Crippen LogP contribution in [0.25, 0.3) is 0 Å². The van der Waals surface area contributed by atoms with E-state index in [9.17, 15) is 19.1 Å². The van der Waals surface area contributed by atoms with E-state index in [1.807, 2.05) is 6.07 Å². The van der Waals surface area contributed by atoms with Crippen molar-refractivity contribution in [1.82, 2.24) is 10.3 Å². The van der Waals surface area contributed by atoms with Crippen molar-refractivity contribution in [3.8, 4) is 17.2 Å². The number of aromatic hydroxyl groups is 1. The minimum Gasteiger partial charge on any atom is -0.503 e. The lowest BCUT2D eigenvalue weighted by Gasteiger charge is -2.27. The van der Waals surface area contributed by atoms with E-state index in [2.05, 4.69) is 10.3 Å². The number of nitrogens with zero attached hydrogens (tertiary/aromatic N) is 1. The lowest BCUT2D eigenvalue weighted by molar-refractivity contribution is -0.154. The second kappa shape index (κ2) is 11.1. The third-order valence-corrected chi connectivity index (χ3v) is 4.96. The van der Waals surface area contributed by atoms with Crippen LogP contribution in [-0.2, 0) is 9.53 Å². The van der Waals surface area contributed by atoms with E-state index in [1.165, 1.54) is 38.4 Å². The van der Waals surface area contributed by atoms with Crippen LogP contribution in [0.5, 0.6) is 17.2 Å². The van der Waals surface area contributed by atoms with E-state index >= 15 is 0 Å². The summed E-state index contributed by atoms with van der Waals surface area (Å²) in [6.45, 7) is 3.08. The van der Waals surface area contributed by atoms with Crippen molar-refractivity contribution in [3.63, 3.8) is 0 Å². The Balaban J connectivity index is 1.71. The predicted molar refractivity (Wildman–Crippen MR) is 121 cm³/mol. The number of benzene rings is 2. The number of esters is 1. The van der Waals surface area contributed by atoms with Gasteiger partial charge in [-0.05, 0) is 43.7 Å². The number of pyridine rings is 1. The summed E-state index contributed by atoms with van der Waals surface area (Å²) in [4.78, 5) is 29.1. The molecular weight excluding hydrogens is 443 g/mol. The van der Waals surface area contributed by atoms with Gasteiger partial charge in [0.2, 0.25) is 0 Å². The third-order valence-electron chi connectivity index (χ3n) is 4.96. The van der Waals surface area contributed by atoms with Gasteiger partial charge in [0.25, 0.3) is 5.91 Å². The van der Waals surface area contributed by atoms with E-state index in [-0.39, 0.29) is 11.4 Å². The maximum absolute atomic E-state index is 13.4. The predicted octanol–water partition coefficient (Wildman–Crippen LogP) is 3.81. The zero-order chi connectivity index (χ0) is 24.7. The van der Waals surface area contributed by atoms with Crippen molar-refractivity contribution in [2.24, 2.45) is 0 Å². The minimum absolute atomic E-state index is 0.0733. The van der Waals surface area contributed by atoms with Crippen LogP contribution in [0.15, 0.2) is 66.9 Å². The number of carbonyl (C=O) groups is 2. The first kappa shape index (κ1) is 24.5. The first-order valence-electron chi connectivity index (χ1n) is 10.5. The van der Waals surface area contributed by atoms with Gasteiger partial charge in [0.1, 0.15) is 23.7 Å². The molecule has 0 saturated carbocycles. The van der Waals surface area contributed by atoms with Crippen molar-refractivity contribution in [1.29, 1.82) is 0 Å². The molecule has 0 bridgehead atoms. The Morgan fingerprint density at radius 3 is 2.35 bits per heavy atom. The molecule has 3 rings (SSSR count). The van der Waals surface area contributed by atoms with Crippen molar-refractivity contribution in [2.75, 3.05) is 7.11 Å². The van der Waals surface area contributed by atoms with Gasteiger partial charge in [0.05, 0.1) is 7.11 Å². The SMILES string of the molecule is COc1ccnc(C(=O)N[C@@H](C)C(=O)OC(C)C(Oc2ccccc2)c2ccc(F)cc2)c1O. The van der Waals surface area contributed by atoms with Gasteiger partial charge in [0.15, 0.2) is 23.3 Å². The summed E-state index contributed by atoms with van der Waals surface area (Å²) in [5, 5.41) is 12.6. The van der Waals surface area contributed by atoms with Gasteiger partial charge in [-0.3, -0.25) is 4.79 Å². The molecule has 3 atom stereocenters. The fourth-order valence-electron chi connectivity index (χ4n) is 3.17. The third kappa shape index (κ3) is 6.00. The molecule has 2 N–H and O–H groups in total. The molecule has 2 unspecified atom stereocenters. The van der Waals surface area contributed by atoms with Crippen molar-refractivity contribution in [2.45, 2.75) is 32.1 Å². The van der Waals surface area contributed by atoms with Gasteiger partial charge in [-0.2, -0.15) is 0 Å². The zero-order valence-electron chi connectivity index (χ0n) is 18.9. The fraction of sp³-hybridized carbons (Fsp3) is 0.240. The highest BCUT2D eigenvalue weighted by Gasteiger charge is 2.28. The molecule has 0 saturated heterocycles. The molecule has 178 valence electrons. The van der Waals surface area contributed by atoms with Crippen LogP contribution in [0, 0.1) is 5.82 Å². The molecule has 0 radical (unpaired) electrons. The highest BCUT2D eigenvalue weighted by molar-refractivity contribution is 5.97. The van der Waals surface area contributed by atoms with Crippen LogP contribution < -0.4 is 14.8 Å². The Morgan fingerprint density at radius 1 is 1.03 bits per heavy atom. The highest BCUT2D eigenvalue weighted by atomic mass is 19.1. The smallest absolute Gasteiger partial charge is 0.328 e. The topological polar surface area (TPSA) is 107 Å². The quantitative estimate of drug-likeness (QED) is 0.460. The van der Waals surface area contributed by atoms with E-state index in [0.29, 0.717) is 11.3 Å². The Hall–Kier alpha value is -4.14. The van der Waals surface area contributed by atoms with Crippen LogP contribution >= 0.6 is 0 Å². The Labute approximate surface area is 196 Å². The van der Waals surface area contributed by atoms with E-state index in [1.54, 1.807) is 43.3 Å². The van der Waals surface area contributed by atoms with E-state index in [4.69, 9.17) is 14.2 Å². The van der Waals surface area contributed by atoms with Gasteiger partial charge in [-0.25, -0.2) is 14.2 Å². The van der Waals surface area contributed by atoms with Crippen LogP contribution in [0.1, 0.15) is 36.0 Å². The summed E-state index contributed by atoms with van der Waals surface area (Å²) in [7, 11) is 1.34. The molecule has 1 aromatic heterocycles. The summed E-state index contributed by atoms with van der Waals surface area (Å²) >= 11 is 0. The number of hydrogen-bond donors (Lipinski definition) is 2. The lowest BCUT2D eigenvalue weighted by Crippen LogP contribution is -2.42. The maximum Gasteiger partial charge on any atom is 0.328 e. The van der Waals surface area contributed by atoms with Crippen molar-refractivity contribution in [3.05, 3.63) is 83.9 Å².